The lowest BCUT2D eigenvalue weighted by Crippen LogP contribution is -2.14. The van der Waals surface area contributed by atoms with Crippen molar-refractivity contribution in [1.82, 2.24) is 4.57 Å². The van der Waals surface area contributed by atoms with Gasteiger partial charge in [-0.1, -0.05) is 188 Å². The summed E-state index contributed by atoms with van der Waals surface area (Å²) in [5.74, 6) is 0. The van der Waals surface area contributed by atoms with Crippen LogP contribution in [-0.4, -0.2) is 4.57 Å². The van der Waals surface area contributed by atoms with Crippen LogP contribution in [0.15, 0.2) is 285 Å². The Morgan fingerprint density at radius 3 is 1.04 bits per heavy atom. The Labute approximate surface area is 424 Å². The Bertz CT molecular complexity index is 4060. The lowest BCUT2D eigenvalue weighted by atomic mass is 9.97. The maximum atomic E-state index is 2.43. The van der Waals surface area contributed by atoms with E-state index in [4.69, 9.17) is 0 Å². The number of hydrogen-bond acceptors (Lipinski definition) is 2. The minimum Gasteiger partial charge on any atom is -0.310 e. The first-order valence-electron chi connectivity index (χ1n) is 25.1. The smallest absolute Gasteiger partial charge is 0.0541 e. The topological polar surface area (TPSA) is 11.4 Å². The molecule has 13 aromatic carbocycles. The first kappa shape index (κ1) is 42.2. The van der Waals surface area contributed by atoms with Gasteiger partial charge < -0.3 is 14.4 Å². The van der Waals surface area contributed by atoms with Crippen molar-refractivity contribution in [1.29, 1.82) is 0 Å². The molecule has 14 aromatic rings. The van der Waals surface area contributed by atoms with Gasteiger partial charge in [-0.15, -0.1) is 0 Å². The highest BCUT2D eigenvalue weighted by molar-refractivity contribution is 6.10. The van der Waals surface area contributed by atoms with E-state index in [1.165, 1.54) is 76.0 Å². The van der Waals surface area contributed by atoms with Crippen molar-refractivity contribution in [3.8, 4) is 27.9 Å². The SMILES string of the molecule is c1ccc(-n2c3ccccc3c3cc(-c4ccc(-c5cc(N(c6ccc7ccccc7c6)c6ccc7ccccc7c6)cc(N(c6ccc7ccccc7c6)c6ccc7ccccc7c6)c5)cc4)ccc32)cc1. The highest BCUT2D eigenvalue weighted by atomic mass is 15.2. The Morgan fingerprint density at radius 1 is 0.205 bits per heavy atom. The average Bonchev–Trinajstić information content (AvgIpc) is 3.79. The number of nitrogens with zero attached hydrogens (tertiary/aromatic N) is 3. The lowest BCUT2D eigenvalue weighted by molar-refractivity contribution is 1.18. The minimum atomic E-state index is 1.05. The van der Waals surface area contributed by atoms with Crippen molar-refractivity contribution < 1.29 is 0 Å². The quantitative estimate of drug-likeness (QED) is 0.143. The van der Waals surface area contributed by atoms with Gasteiger partial charge in [0.05, 0.1) is 11.0 Å². The molecule has 0 unspecified atom stereocenters. The molecular formula is C70H47N3. The van der Waals surface area contributed by atoms with E-state index < -0.39 is 0 Å². The van der Waals surface area contributed by atoms with Crippen LogP contribution in [0.3, 0.4) is 0 Å². The summed E-state index contributed by atoms with van der Waals surface area (Å²) in [5, 5.41) is 12.1. The van der Waals surface area contributed by atoms with Crippen molar-refractivity contribution >= 4 is 99.0 Å². The molecule has 0 aliphatic rings. The fourth-order valence-corrected chi connectivity index (χ4v) is 11.0. The number of rotatable bonds is 9. The Hall–Kier alpha value is -9.70. The van der Waals surface area contributed by atoms with Gasteiger partial charge in [0.2, 0.25) is 0 Å². The van der Waals surface area contributed by atoms with Crippen LogP contribution in [-0.2, 0) is 0 Å². The number of fused-ring (bicyclic) bond motifs is 7. The molecule has 0 bridgehead atoms. The molecule has 1 heterocycles. The molecule has 14 rings (SSSR count). The van der Waals surface area contributed by atoms with Crippen molar-refractivity contribution in [2.75, 3.05) is 9.80 Å². The van der Waals surface area contributed by atoms with Gasteiger partial charge in [-0.2, -0.15) is 0 Å². The number of para-hydroxylation sites is 2. The van der Waals surface area contributed by atoms with Crippen molar-refractivity contribution in [2.45, 2.75) is 0 Å². The first-order chi connectivity index (χ1) is 36.1. The molecule has 342 valence electrons. The number of aromatic nitrogens is 1. The maximum absolute atomic E-state index is 2.43. The van der Waals surface area contributed by atoms with Gasteiger partial charge in [0.1, 0.15) is 0 Å². The van der Waals surface area contributed by atoms with Crippen LogP contribution in [0.25, 0.3) is 92.8 Å². The third-order valence-electron chi connectivity index (χ3n) is 14.6. The van der Waals surface area contributed by atoms with Crippen LogP contribution in [0.4, 0.5) is 34.1 Å². The van der Waals surface area contributed by atoms with E-state index >= 15 is 0 Å². The van der Waals surface area contributed by atoms with E-state index in [9.17, 15) is 0 Å². The Kier molecular flexibility index (Phi) is 10.2. The first-order valence-corrected chi connectivity index (χ1v) is 25.1. The third-order valence-corrected chi connectivity index (χ3v) is 14.6. The average molecular weight is 930 g/mol. The second-order valence-electron chi connectivity index (χ2n) is 19.0. The van der Waals surface area contributed by atoms with Crippen LogP contribution in [0.2, 0.25) is 0 Å². The van der Waals surface area contributed by atoms with E-state index in [-0.39, 0.29) is 0 Å². The van der Waals surface area contributed by atoms with Crippen molar-refractivity contribution in [3.63, 3.8) is 0 Å². The zero-order chi connectivity index (χ0) is 48.2. The van der Waals surface area contributed by atoms with E-state index in [2.05, 4.69) is 299 Å². The molecule has 0 atom stereocenters. The summed E-state index contributed by atoms with van der Waals surface area (Å²) < 4.78 is 2.38. The molecular weight excluding hydrogens is 883 g/mol. The molecule has 0 fully saturated rings. The summed E-state index contributed by atoms with van der Waals surface area (Å²) in [4.78, 5) is 4.86. The third kappa shape index (κ3) is 7.63. The molecule has 73 heavy (non-hydrogen) atoms. The van der Waals surface area contributed by atoms with Crippen molar-refractivity contribution in [3.05, 3.63) is 285 Å². The van der Waals surface area contributed by atoms with Crippen LogP contribution in [0.5, 0.6) is 0 Å². The standard InChI is InChI=1S/C70H47N3/c1-2-22-60(23-3-1)73-69-25-13-12-24-67(69)68-46-58(34-39-70(68)73)52-26-28-53(29-27-52)59-44-65(71(61-35-30-48-14-4-8-18-54(48)40-61)62-36-31-49-15-5-9-19-55(49)41-62)47-66(45-59)72(63-37-32-50-16-6-10-20-56(50)42-63)64-38-33-51-17-7-11-21-57(51)43-64/h1-47H. The summed E-state index contributed by atoms with van der Waals surface area (Å²) in [6.07, 6.45) is 0. The second kappa shape index (κ2) is 17.6. The molecule has 0 amide bonds. The zero-order valence-electron chi connectivity index (χ0n) is 40.0. The van der Waals surface area contributed by atoms with Gasteiger partial charge in [-0.3, -0.25) is 0 Å². The van der Waals surface area contributed by atoms with Crippen LogP contribution < -0.4 is 9.80 Å². The molecule has 1 aromatic heterocycles. The lowest BCUT2D eigenvalue weighted by Gasteiger charge is -2.31. The summed E-state index contributed by atoms with van der Waals surface area (Å²) in [6.45, 7) is 0. The monoisotopic (exact) mass is 929 g/mol. The molecule has 0 N–H and O–H groups in total. The van der Waals surface area contributed by atoms with Gasteiger partial charge >= 0.3 is 0 Å². The van der Waals surface area contributed by atoms with Crippen molar-refractivity contribution in [2.24, 2.45) is 0 Å². The van der Waals surface area contributed by atoms with Crippen LogP contribution in [0.1, 0.15) is 0 Å². The number of anilines is 6. The molecule has 0 saturated heterocycles. The Balaban J connectivity index is 0.972. The predicted molar refractivity (Wildman–Crippen MR) is 311 cm³/mol. The van der Waals surface area contributed by atoms with E-state index in [0.29, 0.717) is 0 Å². The van der Waals surface area contributed by atoms with E-state index in [0.717, 1.165) is 50.9 Å². The van der Waals surface area contributed by atoms with Gasteiger partial charge in [0, 0.05) is 50.6 Å². The fraction of sp³-hybridized carbons (Fsp3) is 0. The number of hydrogen-bond donors (Lipinski definition) is 0. The predicted octanol–water partition coefficient (Wildman–Crippen LogP) is 19.7. The highest BCUT2D eigenvalue weighted by Gasteiger charge is 2.21. The molecule has 0 aliphatic carbocycles. The zero-order valence-corrected chi connectivity index (χ0v) is 40.0. The van der Waals surface area contributed by atoms with Gasteiger partial charge in [-0.25, -0.2) is 0 Å². The van der Waals surface area contributed by atoms with Crippen LogP contribution in [0, 0.1) is 0 Å². The Morgan fingerprint density at radius 2 is 0.575 bits per heavy atom. The molecule has 3 nitrogen and oxygen atoms in total. The summed E-state index contributed by atoms with van der Waals surface area (Å²) in [6, 6.07) is 104. The van der Waals surface area contributed by atoms with Crippen LogP contribution >= 0.6 is 0 Å². The van der Waals surface area contributed by atoms with E-state index in [1.807, 2.05) is 0 Å². The summed E-state index contributed by atoms with van der Waals surface area (Å²) >= 11 is 0. The molecule has 0 spiro atoms. The summed E-state index contributed by atoms with van der Waals surface area (Å²) in [7, 11) is 0. The molecule has 0 radical (unpaired) electrons. The van der Waals surface area contributed by atoms with Gasteiger partial charge in [0.15, 0.2) is 0 Å². The minimum absolute atomic E-state index is 1.05. The fourth-order valence-electron chi connectivity index (χ4n) is 11.0. The highest BCUT2D eigenvalue weighted by Crippen LogP contribution is 2.46. The largest absolute Gasteiger partial charge is 0.310 e. The molecule has 0 aliphatic heterocycles. The maximum Gasteiger partial charge on any atom is 0.0541 e. The van der Waals surface area contributed by atoms with E-state index in [1.54, 1.807) is 0 Å². The van der Waals surface area contributed by atoms with Gasteiger partial charge in [-0.05, 0) is 162 Å². The number of benzene rings is 13. The van der Waals surface area contributed by atoms with Gasteiger partial charge in [0.25, 0.3) is 0 Å². The molecule has 0 saturated carbocycles. The normalized spacial score (nSPS) is 11.6. The summed E-state index contributed by atoms with van der Waals surface area (Å²) in [5.41, 5.74) is 14.6. The molecule has 3 heteroatoms. The second-order valence-corrected chi connectivity index (χ2v) is 19.0.